The van der Waals surface area contributed by atoms with E-state index in [1.165, 1.54) is 13.4 Å². The van der Waals surface area contributed by atoms with Crippen molar-refractivity contribution in [1.29, 1.82) is 0 Å². The molecule has 7 heteroatoms. The van der Waals surface area contributed by atoms with E-state index in [2.05, 4.69) is 5.32 Å². The molecule has 7 nitrogen and oxygen atoms in total. The quantitative estimate of drug-likeness (QED) is 0.569. The molecular weight excluding hydrogens is 394 g/mol. The second-order valence-electron chi connectivity index (χ2n) is 7.34. The smallest absolute Gasteiger partial charge is 0.290 e. The number of benzene rings is 2. The minimum atomic E-state index is -0.237. The minimum absolute atomic E-state index is 0.0259. The van der Waals surface area contributed by atoms with Crippen LogP contribution in [0.5, 0.6) is 0 Å². The van der Waals surface area contributed by atoms with Crippen molar-refractivity contribution in [3.05, 3.63) is 83.8 Å². The van der Waals surface area contributed by atoms with Gasteiger partial charge in [0.1, 0.15) is 6.61 Å². The van der Waals surface area contributed by atoms with E-state index >= 15 is 0 Å². The number of ether oxygens (including phenoxy) is 1. The van der Waals surface area contributed by atoms with Gasteiger partial charge in [-0.15, -0.1) is 0 Å². The maximum absolute atomic E-state index is 13.2. The number of furan rings is 1. The zero-order valence-electron chi connectivity index (χ0n) is 18.0. The highest BCUT2D eigenvalue weighted by molar-refractivity contribution is 5.93. The van der Waals surface area contributed by atoms with Crippen LogP contribution in [0.3, 0.4) is 0 Å². The second kappa shape index (κ2) is 10.4. The first-order valence-corrected chi connectivity index (χ1v) is 9.93. The number of hydrogen-bond donors (Lipinski definition) is 1. The fourth-order valence-corrected chi connectivity index (χ4v) is 3.32. The normalized spacial score (nSPS) is 10.5. The summed E-state index contributed by atoms with van der Waals surface area (Å²) in [4.78, 5) is 28.8. The maximum atomic E-state index is 13.2. The van der Waals surface area contributed by atoms with Gasteiger partial charge in [-0.3, -0.25) is 9.59 Å². The average molecular weight is 421 g/mol. The van der Waals surface area contributed by atoms with E-state index in [-0.39, 0.29) is 24.2 Å². The van der Waals surface area contributed by atoms with E-state index < -0.39 is 0 Å². The van der Waals surface area contributed by atoms with E-state index in [1.807, 2.05) is 67.5 Å². The molecule has 0 unspecified atom stereocenters. The van der Waals surface area contributed by atoms with Crippen LogP contribution in [0.15, 0.2) is 71.3 Å². The summed E-state index contributed by atoms with van der Waals surface area (Å²) in [6, 6.07) is 18.8. The van der Waals surface area contributed by atoms with Gasteiger partial charge in [-0.1, -0.05) is 30.3 Å². The van der Waals surface area contributed by atoms with Crippen molar-refractivity contribution < 1.29 is 18.7 Å². The zero-order valence-corrected chi connectivity index (χ0v) is 18.0. The first-order valence-electron chi connectivity index (χ1n) is 9.93. The van der Waals surface area contributed by atoms with E-state index in [4.69, 9.17) is 9.15 Å². The van der Waals surface area contributed by atoms with E-state index in [0.29, 0.717) is 18.8 Å². The SMILES string of the molecule is COCC(=O)Nc1ccc(N(C)C)c(CN(Cc2ccccc2)C(=O)c2ccco2)c1. The Bertz CT molecular complexity index is 1000. The number of anilines is 2. The fraction of sp³-hybridized carbons (Fsp3) is 0.250. The van der Waals surface area contributed by atoms with E-state index in [0.717, 1.165) is 16.8 Å². The van der Waals surface area contributed by atoms with Gasteiger partial charge in [0.05, 0.1) is 6.26 Å². The number of nitrogens with one attached hydrogen (secondary N) is 1. The fourth-order valence-electron chi connectivity index (χ4n) is 3.32. The van der Waals surface area contributed by atoms with Crippen LogP contribution >= 0.6 is 0 Å². The van der Waals surface area contributed by atoms with Crippen LogP contribution in [-0.4, -0.2) is 44.5 Å². The molecule has 3 aromatic rings. The third-order valence-electron chi connectivity index (χ3n) is 4.72. The molecule has 1 aromatic heterocycles. The Kier molecular flexibility index (Phi) is 7.45. The Balaban J connectivity index is 1.92. The van der Waals surface area contributed by atoms with Crippen LogP contribution in [0.4, 0.5) is 11.4 Å². The molecule has 0 bridgehead atoms. The minimum Gasteiger partial charge on any atom is -0.459 e. The Hall–Kier alpha value is -3.58. The average Bonchev–Trinajstić information content (AvgIpc) is 3.28. The number of nitrogens with zero attached hydrogens (tertiary/aromatic N) is 2. The number of amides is 2. The molecule has 0 spiro atoms. The van der Waals surface area contributed by atoms with Crippen LogP contribution in [0.2, 0.25) is 0 Å². The van der Waals surface area contributed by atoms with Gasteiger partial charge in [0.15, 0.2) is 5.76 Å². The number of carbonyl (C=O) groups is 2. The summed E-state index contributed by atoms with van der Waals surface area (Å²) in [7, 11) is 5.36. The van der Waals surface area contributed by atoms with Gasteiger partial charge in [-0.25, -0.2) is 0 Å². The van der Waals surface area contributed by atoms with Crippen molar-refractivity contribution in [2.45, 2.75) is 13.1 Å². The van der Waals surface area contributed by atoms with Crippen molar-refractivity contribution in [2.75, 3.05) is 38.0 Å². The summed E-state index contributed by atoms with van der Waals surface area (Å²) < 4.78 is 10.2. The Morgan fingerprint density at radius 2 is 1.77 bits per heavy atom. The van der Waals surface area contributed by atoms with Crippen LogP contribution < -0.4 is 10.2 Å². The maximum Gasteiger partial charge on any atom is 0.290 e. The molecule has 0 saturated heterocycles. The number of rotatable bonds is 9. The molecule has 0 aliphatic rings. The third kappa shape index (κ3) is 5.96. The molecule has 2 amide bonds. The van der Waals surface area contributed by atoms with E-state index in [1.54, 1.807) is 17.0 Å². The van der Waals surface area contributed by atoms with Crippen molar-refractivity contribution >= 4 is 23.2 Å². The predicted octanol–water partition coefficient (Wildman–Crippen LogP) is 3.77. The summed E-state index contributed by atoms with van der Waals surface area (Å²) in [6.07, 6.45) is 1.49. The molecule has 0 radical (unpaired) electrons. The molecular formula is C24H27N3O4. The van der Waals surface area contributed by atoms with Crippen LogP contribution in [0, 0.1) is 0 Å². The molecule has 0 saturated carbocycles. The third-order valence-corrected chi connectivity index (χ3v) is 4.72. The van der Waals surface area contributed by atoms with E-state index in [9.17, 15) is 9.59 Å². The number of methoxy groups -OCH3 is 1. The first kappa shape index (κ1) is 22.1. The standard InChI is InChI=1S/C24H27N3O4/c1-26(2)21-12-11-20(25-23(28)17-30-3)14-19(21)16-27(15-18-8-5-4-6-9-18)24(29)22-10-7-13-31-22/h4-14H,15-17H2,1-3H3,(H,25,28). The highest BCUT2D eigenvalue weighted by Gasteiger charge is 2.21. The molecule has 31 heavy (non-hydrogen) atoms. The monoisotopic (exact) mass is 421 g/mol. The van der Waals surface area contributed by atoms with Crippen molar-refractivity contribution in [1.82, 2.24) is 4.90 Å². The lowest BCUT2D eigenvalue weighted by atomic mass is 10.1. The summed E-state index contributed by atoms with van der Waals surface area (Å²) in [6.45, 7) is 0.741. The highest BCUT2D eigenvalue weighted by atomic mass is 16.5. The van der Waals surface area contributed by atoms with Gasteiger partial charge in [0, 0.05) is 45.7 Å². The van der Waals surface area contributed by atoms with Crippen LogP contribution in [0.1, 0.15) is 21.7 Å². The van der Waals surface area contributed by atoms with Crippen LogP contribution in [-0.2, 0) is 22.6 Å². The topological polar surface area (TPSA) is 75.0 Å². The first-order chi connectivity index (χ1) is 15.0. The van der Waals surface area contributed by atoms with Gasteiger partial charge >= 0.3 is 0 Å². The Labute approximate surface area is 182 Å². The number of carbonyl (C=O) groups excluding carboxylic acids is 2. The lowest BCUT2D eigenvalue weighted by molar-refractivity contribution is -0.119. The van der Waals surface area contributed by atoms with Gasteiger partial charge in [-0.2, -0.15) is 0 Å². The molecule has 1 N–H and O–H groups in total. The molecule has 3 rings (SSSR count). The molecule has 0 fully saturated rings. The molecule has 0 atom stereocenters. The Morgan fingerprint density at radius 1 is 1.00 bits per heavy atom. The largest absolute Gasteiger partial charge is 0.459 e. The Morgan fingerprint density at radius 3 is 2.42 bits per heavy atom. The second-order valence-corrected chi connectivity index (χ2v) is 7.34. The van der Waals surface area contributed by atoms with Crippen molar-refractivity contribution in [2.24, 2.45) is 0 Å². The van der Waals surface area contributed by atoms with Crippen molar-refractivity contribution in [3.63, 3.8) is 0 Å². The van der Waals surface area contributed by atoms with Gasteiger partial charge in [0.2, 0.25) is 5.91 Å². The molecule has 2 aromatic carbocycles. The molecule has 162 valence electrons. The lowest BCUT2D eigenvalue weighted by Crippen LogP contribution is -2.30. The summed E-state index contributed by atoms with van der Waals surface area (Å²) in [5.74, 6) is -0.155. The summed E-state index contributed by atoms with van der Waals surface area (Å²) in [5.41, 5.74) is 3.51. The van der Waals surface area contributed by atoms with Crippen LogP contribution in [0.25, 0.3) is 0 Å². The van der Waals surface area contributed by atoms with Gasteiger partial charge in [0.25, 0.3) is 5.91 Å². The highest BCUT2D eigenvalue weighted by Crippen LogP contribution is 2.26. The molecule has 1 heterocycles. The van der Waals surface area contributed by atoms with Crippen molar-refractivity contribution in [3.8, 4) is 0 Å². The predicted molar refractivity (Wildman–Crippen MR) is 120 cm³/mol. The van der Waals surface area contributed by atoms with Gasteiger partial charge in [-0.05, 0) is 41.5 Å². The lowest BCUT2D eigenvalue weighted by Gasteiger charge is -2.26. The molecule has 0 aliphatic heterocycles. The molecule has 0 aliphatic carbocycles. The zero-order chi connectivity index (χ0) is 22.2. The summed E-state index contributed by atoms with van der Waals surface area (Å²) >= 11 is 0. The number of hydrogen-bond acceptors (Lipinski definition) is 5. The van der Waals surface area contributed by atoms with Gasteiger partial charge < -0.3 is 24.3 Å². The summed E-state index contributed by atoms with van der Waals surface area (Å²) in [5, 5.41) is 2.82.